The minimum absolute atomic E-state index is 0.0132. The van der Waals surface area contributed by atoms with Crippen molar-refractivity contribution in [3.8, 4) is 0 Å². The molecule has 24 heavy (non-hydrogen) atoms. The van der Waals surface area contributed by atoms with Crippen LogP contribution in [0, 0.1) is 0 Å². The predicted molar refractivity (Wildman–Crippen MR) is 97.9 cm³/mol. The van der Waals surface area contributed by atoms with E-state index in [1.807, 2.05) is 6.92 Å². The molecule has 1 atom stereocenters. The first-order valence-electron chi connectivity index (χ1n) is 8.48. The highest BCUT2D eigenvalue weighted by Gasteiger charge is 2.19. The normalized spacial score (nSPS) is 18.1. The van der Waals surface area contributed by atoms with Crippen LogP contribution < -0.4 is 11.1 Å². The van der Waals surface area contributed by atoms with E-state index in [-0.39, 0.29) is 6.10 Å². The van der Waals surface area contributed by atoms with Crippen LogP contribution in [0.2, 0.25) is 0 Å². The first-order valence-corrected chi connectivity index (χ1v) is 8.48. The molecule has 0 aromatic heterocycles. The van der Waals surface area contributed by atoms with E-state index >= 15 is 0 Å². The van der Waals surface area contributed by atoms with Gasteiger partial charge in [0.15, 0.2) is 11.5 Å². The van der Waals surface area contributed by atoms with Gasteiger partial charge in [-0.3, -0.25) is 4.99 Å². The molecule has 0 amide bonds. The Kier molecular flexibility index (Phi) is 10.6. The summed E-state index contributed by atoms with van der Waals surface area (Å²) < 4.78 is 17.1. The van der Waals surface area contributed by atoms with Crippen LogP contribution in [0.3, 0.4) is 0 Å². The van der Waals surface area contributed by atoms with Gasteiger partial charge < -0.3 is 25.3 Å². The van der Waals surface area contributed by atoms with Gasteiger partial charge in [-0.25, -0.2) is 0 Å². The Balaban J connectivity index is 2.64. The third-order valence-corrected chi connectivity index (χ3v) is 3.76. The summed E-state index contributed by atoms with van der Waals surface area (Å²) in [5, 5.41) is 3.52. The molecule has 0 aromatic rings. The number of ether oxygens (including phenoxy) is 3. The largest absolute Gasteiger partial charge is 0.493 e. The van der Waals surface area contributed by atoms with Gasteiger partial charge in [0.05, 0.1) is 7.11 Å². The van der Waals surface area contributed by atoms with Crippen molar-refractivity contribution in [2.24, 2.45) is 10.7 Å². The lowest BCUT2D eigenvalue weighted by molar-refractivity contribution is 0.00445. The summed E-state index contributed by atoms with van der Waals surface area (Å²) in [6.45, 7) is 3.86. The fourth-order valence-corrected chi connectivity index (χ4v) is 2.23. The van der Waals surface area contributed by atoms with Gasteiger partial charge in [-0.2, -0.15) is 0 Å². The molecule has 1 rings (SSSR count). The second-order valence-electron chi connectivity index (χ2n) is 5.48. The summed E-state index contributed by atoms with van der Waals surface area (Å²) in [5.41, 5.74) is 5.38. The minimum Gasteiger partial charge on any atom is -0.493 e. The average molecular weight is 337 g/mol. The van der Waals surface area contributed by atoms with Gasteiger partial charge in [0, 0.05) is 38.5 Å². The molecule has 0 aromatic carbocycles. The molecule has 0 bridgehead atoms. The van der Waals surface area contributed by atoms with E-state index in [1.54, 1.807) is 38.6 Å². The van der Waals surface area contributed by atoms with Crippen molar-refractivity contribution in [2.45, 2.75) is 38.3 Å². The summed E-state index contributed by atoms with van der Waals surface area (Å²) in [4.78, 5) is 3.96. The van der Waals surface area contributed by atoms with Crippen LogP contribution >= 0.6 is 0 Å². The van der Waals surface area contributed by atoms with E-state index in [9.17, 15) is 0 Å². The molecule has 0 saturated heterocycles. The van der Waals surface area contributed by atoms with Crippen molar-refractivity contribution in [2.75, 3.05) is 33.9 Å². The Morgan fingerprint density at radius 3 is 2.67 bits per heavy atom. The molecule has 1 saturated carbocycles. The highest BCUT2D eigenvalue weighted by atomic mass is 16.6. The number of hydrogen-bond acceptors (Lipinski definition) is 6. The van der Waals surface area contributed by atoms with E-state index in [1.165, 1.54) is 25.5 Å². The van der Waals surface area contributed by atoms with Gasteiger partial charge in [-0.15, -0.1) is 0 Å². The zero-order valence-electron chi connectivity index (χ0n) is 15.0. The topological polar surface area (TPSA) is 78.1 Å². The smallest absolute Gasteiger partial charge is 0.162 e. The number of methoxy groups -OCH3 is 1. The molecule has 0 spiro atoms. The number of hydrogen-bond donors (Lipinski definition) is 2. The average Bonchev–Trinajstić information content (AvgIpc) is 2.55. The Morgan fingerprint density at radius 1 is 1.33 bits per heavy atom. The lowest BCUT2D eigenvalue weighted by atomic mass is 9.93. The molecule has 6 nitrogen and oxygen atoms in total. The van der Waals surface area contributed by atoms with E-state index in [0.717, 1.165) is 6.54 Å². The summed E-state index contributed by atoms with van der Waals surface area (Å²) in [6, 6.07) is 0.624. The van der Waals surface area contributed by atoms with E-state index in [0.29, 0.717) is 30.8 Å². The van der Waals surface area contributed by atoms with Gasteiger partial charge in [-0.1, -0.05) is 6.42 Å². The van der Waals surface area contributed by atoms with Crippen molar-refractivity contribution >= 4 is 6.21 Å². The molecular weight excluding hydrogens is 306 g/mol. The van der Waals surface area contributed by atoms with E-state index in [4.69, 9.17) is 19.9 Å². The van der Waals surface area contributed by atoms with Crippen LogP contribution in [0.15, 0.2) is 40.9 Å². The zero-order valence-corrected chi connectivity index (χ0v) is 15.0. The second-order valence-corrected chi connectivity index (χ2v) is 5.48. The third-order valence-electron chi connectivity index (χ3n) is 3.76. The van der Waals surface area contributed by atoms with Crippen LogP contribution in [0.1, 0.15) is 26.2 Å². The Bertz CT molecular complexity index is 454. The summed E-state index contributed by atoms with van der Waals surface area (Å²) in [5.74, 6) is 1.17. The molecule has 0 aliphatic heterocycles. The molecule has 136 valence electrons. The fraction of sp³-hybridized carbons (Fsp3) is 0.611. The standard InChI is InChI=1S/C18H31N3O3/c1-4-23-16(13-21-15-7-5-8-15)14-24-18(10-12-20-2)17(22-3)9-6-11-19/h6,9-12,15-16,21H,4-5,7-8,13-14,19H2,1-3H3/b11-6+,17-9+,18-10+,20-12?. The monoisotopic (exact) mass is 337 g/mol. The van der Waals surface area contributed by atoms with Gasteiger partial charge in [0.25, 0.3) is 0 Å². The van der Waals surface area contributed by atoms with Gasteiger partial charge in [-0.05, 0) is 38.1 Å². The van der Waals surface area contributed by atoms with E-state index < -0.39 is 0 Å². The summed E-state index contributed by atoms with van der Waals surface area (Å²) in [6.07, 6.45) is 12.1. The molecule has 3 N–H and O–H groups in total. The fourth-order valence-electron chi connectivity index (χ4n) is 2.23. The van der Waals surface area contributed by atoms with Crippen LogP contribution in [0.4, 0.5) is 0 Å². The van der Waals surface area contributed by atoms with Crippen LogP contribution in [0.25, 0.3) is 0 Å². The number of aliphatic imine (C=N–C) groups is 1. The maximum absolute atomic E-state index is 5.93. The van der Waals surface area contributed by atoms with Crippen molar-refractivity contribution in [1.82, 2.24) is 5.32 Å². The van der Waals surface area contributed by atoms with E-state index in [2.05, 4.69) is 10.3 Å². The highest BCUT2D eigenvalue weighted by Crippen LogP contribution is 2.18. The van der Waals surface area contributed by atoms with Gasteiger partial charge >= 0.3 is 0 Å². The Morgan fingerprint density at radius 2 is 2.12 bits per heavy atom. The zero-order chi connectivity index (χ0) is 17.6. The first-order chi connectivity index (χ1) is 11.7. The Labute approximate surface area is 145 Å². The van der Waals surface area contributed by atoms with Crippen molar-refractivity contribution < 1.29 is 14.2 Å². The van der Waals surface area contributed by atoms with Crippen molar-refractivity contribution in [3.63, 3.8) is 0 Å². The first kappa shape index (κ1) is 20.3. The molecule has 1 aliphatic carbocycles. The van der Waals surface area contributed by atoms with Crippen LogP contribution in [-0.2, 0) is 14.2 Å². The molecule has 6 heteroatoms. The van der Waals surface area contributed by atoms with Crippen molar-refractivity contribution in [3.05, 3.63) is 35.9 Å². The molecule has 0 heterocycles. The lowest BCUT2D eigenvalue weighted by Crippen LogP contribution is -2.42. The highest BCUT2D eigenvalue weighted by molar-refractivity contribution is 5.72. The molecule has 0 radical (unpaired) electrons. The minimum atomic E-state index is -0.0132. The van der Waals surface area contributed by atoms with Gasteiger partial charge in [0.1, 0.15) is 12.7 Å². The maximum Gasteiger partial charge on any atom is 0.162 e. The predicted octanol–water partition coefficient (Wildman–Crippen LogP) is 2.14. The second kappa shape index (κ2) is 12.6. The number of allylic oxidation sites excluding steroid dienone is 3. The number of nitrogens with one attached hydrogen (secondary N) is 1. The molecule has 1 unspecified atom stereocenters. The maximum atomic E-state index is 5.93. The number of nitrogens with two attached hydrogens (primary N) is 1. The SMILES string of the molecule is CCOC(CNC1CCC1)COC(=C/C=NC)/C(=C\C=C\N)OC. The molecule has 1 aliphatic rings. The number of rotatable bonds is 12. The Hall–Kier alpha value is -1.79. The van der Waals surface area contributed by atoms with Crippen LogP contribution in [0.5, 0.6) is 0 Å². The number of nitrogens with zero attached hydrogens (tertiary/aromatic N) is 1. The quantitative estimate of drug-likeness (QED) is 0.324. The molecule has 1 fully saturated rings. The van der Waals surface area contributed by atoms with Gasteiger partial charge in [0.2, 0.25) is 0 Å². The lowest BCUT2D eigenvalue weighted by Gasteiger charge is -2.29. The third kappa shape index (κ3) is 7.66. The molecular formula is C18H31N3O3. The van der Waals surface area contributed by atoms with Crippen molar-refractivity contribution in [1.29, 1.82) is 0 Å². The van der Waals surface area contributed by atoms with Crippen LogP contribution in [-0.4, -0.2) is 52.3 Å². The summed E-state index contributed by atoms with van der Waals surface area (Å²) >= 11 is 0. The summed E-state index contributed by atoms with van der Waals surface area (Å²) in [7, 11) is 3.30.